The molecule has 0 spiro atoms. The number of hydrogen-bond donors (Lipinski definition) is 1. The van der Waals surface area contributed by atoms with Gasteiger partial charge in [-0.1, -0.05) is 37.2 Å². The molecule has 0 saturated carbocycles. The Kier molecular flexibility index (Phi) is 4.84. The maximum absolute atomic E-state index is 12.3. The minimum atomic E-state index is -0.262. The van der Waals surface area contributed by atoms with E-state index in [0.717, 1.165) is 12.8 Å². The van der Waals surface area contributed by atoms with Crippen molar-refractivity contribution in [3.05, 3.63) is 45.9 Å². The first kappa shape index (κ1) is 16.5. The number of carbonyl (C=O) groups excluding carboxylic acids is 2. The van der Waals surface area contributed by atoms with Gasteiger partial charge in [0.2, 0.25) is 0 Å². The lowest BCUT2D eigenvalue weighted by molar-refractivity contribution is 0.0664. The van der Waals surface area contributed by atoms with Gasteiger partial charge in [0.05, 0.1) is 11.1 Å². The van der Waals surface area contributed by atoms with Gasteiger partial charge in [0.1, 0.15) is 0 Å². The smallest absolute Gasteiger partial charge is 0.273 e. The molecular weight excluding hydrogens is 328 g/mol. The molecule has 0 saturated heterocycles. The molecule has 0 unspecified atom stereocenters. The number of unbranched alkanes of at least 4 members (excludes halogenated alkanes) is 1. The maximum Gasteiger partial charge on any atom is 0.343 e. The summed E-state index contributed by atoms with van der Waals surface area (Å²) in [6.45, 7) is 2.95. The van der Waals surface area contributed by atoms with Gasteiger partial charge >= 0.3 is 5.69 Å². The van der Waals surface area contributed by atoms with Crippen LogP contribution in [0.3, 0.4) is 0 Å². The van der Waals surface area contributed by atoms with Crippen molar-refractivity contribution in [2.24, 2.45) is 0 Å². The molecule has 1 aliphatic heterocycles. The van der Waals surface area contributed by atoms with Gasteiger partial charge < -0.3 is 0 Å². The Labute approximate surface area is 143 Å². The molecule has 1 aliphatic rings. The third-order valence-corrected chi connectivity index (χ3v) is 4.84. The Balaban J connectivity index is 1.63. The molecular formula is C16H18N4O3S. The van der Waals surface area contributed by atoms with Crippen molar-refractivity contribution in [1.82, 2.24) is 19.7 Å². The van der Waals surface area contributed by atoms with Crippen molar-refractivity contribution in [1.29, 1.82) is 0 Å². The van der Waals surface area contributed by atoms with E-state index in [0.29, 0.717) is 28.6 Å². The minimum Gasteiger partial charge on any atom is -0.273 e. The number of aromatic amines is 1. The van der Waals surface area contributed by atoms with Gasteiger partial charge in [-0.25, -0.2) is 9.89 Å². The average molecular weight is 346 g/mol. The quantitative estimate of drug-likeness (QED) is 0.610. The van der Waals surface area contributed by atoms with Crippen LogP contribution in [0.5, 0.6) is 0 Å². The third-order valence-electron chi connectivity index (χ3n) is 3.88. The van der Waals surface area contributed by atoms with E-state index in [-0.39, 0.29) is 24.0 Å². The highest BCUT2D eigenvalue weighted by atomic mass is 32.2. The maximum atomic E-state index is 12.3. The fourth-order valence-corrected chi connectivity index (χ4v) is 3.49. The molecule has 24 heavy (non-hydrogen) atoms. The van der Waals surface area contributed by atoms with Gasteiger partial charge in [0.15, 0.2) is 5.16 Å². The van der Waals surface area contributed by atoms with E-state index in [1.807, 2.05) is 0 Å². The molecule has 7 nitrogen and oxygen atoms in total. The molecule has 126 valence electrons. The summed E-state index contributed by atoms with van der Waals surface area (Å²) in [4.78, 5) is 37.5. The van der Waals surface area contributed by atoms with Crippen LogP contribution in [0.15, 0.2) is 34.2 Å². The molecule has 2 aromatic rings. The fraction of sp³-hybridized carbons (Fsp3) is 0.375. The number of imide groups is 1. The van der Waals surface area contributed by atoms with Crippen molar-refractivity contribution >= 4 is 23.6 Å². The molecule has 8 heteroatoms. The zero-order valence-corrected chi connectivity index (χ0v) is 14.1. The number of H-pyrrole nitrogens is 1. The second kappa shape index (κ2) is 7.04. The highest BCUT2D eigenvalue weighted by Gasteiger charge is 2.34. The Morgan fingerprint density at radius 2 is 1.75 bits per heavy atom. The van der Waals surface area contributed by atoms with Crippen LogP contribution in [-0.4, -0.2) is 43.8 Å². The summed E-state index contributed by atoms with van der Waals surface area (Å²) in [6.07, 6.45) is 1.88. The largest absolute Gasteiger partial charge is 0.343 e. The van der Waals surface area contributed by atoms with E-state index in [2.05, 4.69) is 17.1 Å². The number of thioether (sulfide) groups is 1. The number of aromatic nitrogens is 3. The molecule has 0 radical (unpaired) electrons. The van der Waals surface area contributed by atoms with Crippen LogP contribution in [0.25, 0.3) is 0 Å². The normalized spacial score (nSPS) is 13.6. The molecule has 0 fully saturated rings. The SMILES string of the molecule is CCCCn1c(SCCN2C(=O)c3ccccc3C2=O)n[nH]c1=O. The predicted molar refractivity (Wildman–Crippen MR) is 90.3 cm³/mol. The van der Waals surface area contributed by atoms with Crippen LogP contribution < -0.4 is 5.69 Å². The van der Waals surface area contributed by atoms with Gasteiger partial charge in [-0.3, -0.25) is 19.1 Å². The Morgan fingerprint density at radius 1 is 1.08 bits per heavy atom. The summed E-state index contributed by atoms with van der Waals surface area (Å²) < 4.78 is 1.59. The van der Waals surface area contributed by atoms with Crippen molar-refractivity contribution < 1.29 is 9.59 Å². The Bertz CT molecular complexity index is 792. The molecule has 1 aromatic heterocycles. The first-order valence-electron chi connectivity index (χ1n) is 7.86. The van der Waals surface area contributed by atoms with Crippen LogP contribution in [0.2, 0.25) is 0 Å². The third kappa shape index (κ3) is 3.01. The van der Waals surface area contributed by atoms with E-state index >= 15 is 0 Å². The number of carbonyl (C=O) groups is 2. The van der Waals surface area contributed by atoms with E-state index in [1.165, 1.54) is 16.7 Å². The van der Waals surface area contributed by atoms with E-state index < -0.39 is 0 Å². The molecule has 0 aliphatic carbocycles. The monoisotopic (exact) mass is 346 g/mol. The average Bonchev–Trinajstić information content (AvgIpc) is 3.06. The molecule has 2 heterocycles. The highest BCUT2D eigenvalue weighted by molar-refractivity contribution is 7.99. The Hall–Kier alpha value is -2.35. The zero-order chi connectivity index (χ0) is 17.1. The van der Waals surface area contributed by atoms with Crippen molar-refractivity contribution in [2.75, 3.05) is 12.3 Å². The van der Waals surface area contributed by atoms with E-state index in [4.69, 9.17) is 0 Å². The molecule has 1 aromatic carbocycles. The lowest BCUT2D eigenvalue weighted by atomic mass is 10.1. The molecule has 0 bridgehead atoms. The standard InChI is InChI=1S/C16H18N4O3S/c1-2-3-8-20-15(23)17-18-16(20)24-10-9-19-13(21)11-6-4-5-7-12(11)14(19)22/h4-7H,2-3,8-10H2,1H3,(H,17,23). The van der Waals surface area contributed by atoms with Crippen LogP contribution in [0.4, 0.5) is 0 Å². The number of hydrogen-bond acceptors (Lipinski definition) is 5. The predicted octanol–water partition coefficient (Wildman–Crippen LogP) is 1.76. The molecule has 0 atom stereocenters. The van der Waals surface area contributed by atoms with Crippen molar-refractivity contribution in [3.8, 4) is 0 Å². The summed E-state index contributed by atoms with van der Waals surface area (Å²) in [5.74, 6) is -0.0368. The number of benzene rings is 1. The number of nitrogens with one attached hydrogen (secondary N) is 1. The van der Waals surface area contributed by atoms with Gasteiger partial charge in [0, 0.05) is 18.8 Å². The first-order valence-corrected chi connectivity index (χ1v) is 8.85. The number of nitrogens with zero attached hydrogens (tertiary/aromatic N) is 3. The summed E-state index contributed by atoms with van der Waals surface area (Å²) >= 11 is 1.36. The van der Waals surface area contributed by atoms with Crippen LogP contribution in [0.1, 0.15) is 40.5 Å². The van der Waals surface area contributed by atoms with Gasteiger partial charge in [-0.05, 0) is 18.6 Å². The van der Waals surface area contributed by atoms with Crippen LogP contribution >= 0.6 is 11.8 Å². The summed E-state index contributed by atoms with van der Waals surface area (Å²) in [7, 11) is 0. The lowest BCUT2D eigenvalue weighted by Gasteiger charge is -2.13. The lowest BCUT2D eigenvalue weighted by Crippen LogP contribution is -2.32. The topological polar surface area (TPSA) is 88.1 Å². The zero-order valence-electron chi connectivity index (χ0n) is 13.3. The van der Waals surface area contributed by atoms with Gasteiger partial charge in [-0.15, -0.1) is 5.10 Å². The van der Waals surface area contributed by atoms with E-state index in [9.17, 15) is 14.4 Å². The fourth-order valence-electron chi connectivity index (χ4n) is 2.60. The van der Waals surface area contributed by atoms with Crippen LogP contribution in [-0.2, 0) is 6.54 Å². The van der Waals surface area contributed by atoms with Gasteiger partial charge in [-0.2, -0.15) is 0 Å². The highest BCUT2D eigenvalue weighted by Crippen LogP contribution is 2.23. The second-order valence-corrected chi connectivity index (χ2v) is 6.53. The summed E-state index contributed by atoms with van der Waals surface area (Å²) in [5.41, 5.74) is 0.672. The number of fused-ring (bicyclic) bond motifs is 1. The van der Waals surface area contributed by atoms with Gasteiger partial charge in [0.25, 0.3) is 11.8 Å². The minimum absolute atomic E-state index is 0.230. The van der Waals surface area contributed by atoms with E-state index in [1.54, 1.807) is 28.8 Å². The molecule has 3 rings (SSSR count). The van der Waals surface area contributed by atoms with Crippen LogP contribution in [0, 0.1) is 0 Å². The number of amides is 2. The molecule has 2 amide bonds. The summed E-state index contributed by atoms with van der Waals surface area (Å²) in [5, 5.41) is 7.04. The molecule has 1 N–H and O–H groups in total. The Morgan fingerprint density at radius 3 is 2.38 bits per heavy atom. The summed E-state index contributed by atoms with van der Waals surface area (Å²) in [6, 6.07) is 6.83. The first-order chi connectivity index (χ1) is 11.6. The van der Waals surface area contributed by atoms with Crippen molar-refractivity contribution in [3.63, 3.8) is 0 Å². The number of rotatable bonds is 7. The van der Waals surface area contributed by atoms with Crippen molar-refractivity contribution in [2.45, 2.75) is 31.5 Å². The second-order valence-electron chi connectivity index (χ2n) is 5.47.